The average molecular weight is 928 g/mol. The second kappa shape index (κ2) is 38.1. The maximum atomic E-state index is 13.2. The van der Waals surface area contributed by atoms with Crippen LogP contribution >= 0.6 is 0 Å². The fourth-order valence-electron chi connectivity index (χ4n) is 8.31. The minimum Gasteiger partial charge on any atom is -0.394 e. The Labute approximate surface area is 391 Å². The summed E-state index contributed by atoms with van der Waals surface area (Å²) in [6, 6.07) is -0.920. The lowest BCUT2D eigenvalue weighted by atomic mass is 9.97. The zero-order valence-electron chi connectivity index (χ0n) is 40.2. The number of aliphatic hydroxyl groups excluding tert-OH is 8. The summed E-state index contributed by atoms with van der Waals surface area (Å²) in [4.78, 5) is 13.2. The van der Waals surface area contributed by atoms with Gasteiger partial charge in [0.05, 0.1) is 32.0 Å². The summed E-state index contributed by atoms with van der Waals surface area (Å²) >= 11 is 0. The molecule has 0 aromatic carbocycles. The number of unbranched alkanes of at least 4 members (excludes halogenated alkanes) is 22. The molecule has 65 heavy (non-hydrogen) atoms. The predicted molar refractivity (Wildman–Crippen MR) is 254 cm³/mol. The van der Waals surface area contributed by atoms with Gasteiger partial charge in [0.25, 0.3) is 0 Å². The van der Waals surface area contributed by atoms with Crippen molar-refractivity contribution in [2.45, 2.75) is 261 Å². The van der Waals surface area contributed by atoms with Crippen LogP contribution in [0.3, 0.4) is 0 Å². The SMILES string of the molecule is CCCC/C=C\C/C=C\CCCCCCCC(=O)NC(COC1OC(CO)C(OC2OC(CO)C(O)C(O)C2O)C(O)C1O)C(O)/C=C/CCCCCCCCCCCCCCCCC. The van der Waals surface area contributed by atoms with Crippen LogP contribution in [0.4, 0.5) is 0 Å². The highest BCUT2D eigenvalue weighted by atomic mass is 16.7. The Morgan fingerprint density at radius 2 is 1.03 bits per heavy atom. The third-order valence-corrected chi connectivity index (χ3v) is 12.6. The molecular formula is C51H93NO13. The van der Waals surface area contributed by atoms with Crippen molar-refractivity contribution in [3.8, 4) is 0 Å². The number of aliphatic hydroxyl groups is 8. The summed E-state index contributed by atoms with van der Waals surface area (Å²) in [6.45, 7) is 2.73. The maximum Gasteiger partial charge on any atom is 0.220 e. The summed E-state index contributed by atoms with van der Waals surface area (Å²) in [5, 5.41) is 86.7. The van der Waals surface area contributed by atoms with Gasteiger partial charge in [0.2, 0.25) is 5.91 Å². The number of nitrogens with one attached hydrogen (secondary N) is 1. The molecule has 12 unspecified atom stereocenters. The van der Waals surface area contributed by atoms with Crippen LogP contribution in [-0.2, 0) is 23.7 Å². The third-order valence-electron chi connectivity index (χ3n) is 12.6. The number of allylic oxidation sites excluding steroid dienone is 5. The Balaban J connectivity index is 1.86. The highest BCUT2D eigenvalue weighted by Crippen LogP contribution is 2.30. The van der Waals surface area contributed by atoms with Crippen LogP contribution in [-0.4, -0.2) is 140 Å². The molecule has 12 atom stereocenters. The maximum absolute atomic E-state index is 13.2. The van der Waals surface area contributed by atoms with Crippen molar-refractivity contribution in [3.05, 3.63) is 36.5 Å². The van der Waals surface area contributed by atoms with Gasteiger partial charge in [-0.25, -0.2) is 0 Å². The first kappa shape index (κ1) is 59.3. The number of carbonyl (C=O) groups excluding carboxylic acids is 1. The van der Waals surface area contributed by atoms with E-state index in [4.69, 9.17) is 18.9 Å². The molecular weight excluding hydrogens is 835 g/mol. The van der Waals surface area contributed by atoms with E-state index in [9.17, 15) is 45.6 Å². The molecule has 2 aliphatic heterocycles. The van der Waals surface area contributed by atoms with Crippen molar-refractivity contribution in [1.29, 1.82) is 0 Å². The summed E-state index contributed by atoms with van der Waals surface area (Å²) in [5.41, 5.74) is 0. The van der Waals surface area contributed by atoms with E-state index in [1.807, 2.05) is 6.08 Å². The fourth-order valence-corrected chi connectivity index (χ4v) is 8.31. The zero-order chi connectivity index (χ0) is 47.5. The van der Waals surface area contributed by atoms with Gasteiger partial charge in [-0.15, -0.1) is 0 Å². The molecule has 2 fully saturated rings. The fraction of sp³-hybridized carbons (Fsp3) is 0.863. The standard InChI is InChI=1S/C51H93NO13/c1-3-5-7-9-11-13-15-17-19-20-21-22-24-26-28-30-32-34-40(55)39(52-43(56)35-33-31-29-27-25-23-18-16-14-12-10-8-6-4-2)38-62-50-48(61)46(59)49(42(37-54)64-50)65-51-47(60)45(58)44(57)41(36-53)63-51/h10,12,16,18,32,34,39-42,44-51,53-55,57-61H,3-9,11,13-15,17,19-31,33,35-38H2,1-2H3,(H,52,56)/b12-10-,18-16-,34-32+. The topological polar surface area (TPSA) is 228 Å². The second-order valence-corrected chi connectivity index (χ2v) is 18.3. The van der Waals surface area contributed by atoms with E-state index in [-0.39, 0.29) is 18.9 Å². The number of ether oxygens (including phenoxy) is 4. The first-order valence-corrected chi connectivity index (χ1v) is 25.7. The van der Waals surface area contributed by atoms with Crippen molar-refractivity contribution in [3.63, 3.8) is 0 Å². The summed E-state index contributed by atoms with van der Waals surface area (Å²) in [7, 11) is 0. The van der Waals surface area contributed by atoms with Gasteiger partial charge in [-0.3, -0.25) is 4.79 Å². The molecule has 2 saturated heterocycles. The Morgan fingerprint density at radius 1 is 0.554 bits per heavy atom. The molecule has 0 aromatic rings. The van der Waals surface area contributed by atoms with Gasteiger partial charge < -0.3 is 65.1 Å². The lowest BCUT2D eigenvalue weighted by Crippen LogP contribution is -2.65. The molecule has 0 saturated carbocycles. The van der Waals surface area contributed by atoms with Gasteiger partial charge >= 0.3 is 0 Å². The Hall–Kier alpha value is -1.79. The second-order valence-electron chi connectivity index (χ2n) is 18.3. The van der Waals surface area contributed by atoms with E-state index in [0.29, 0.717) is 6.42 Å². The normalized spacial score (nSPS) is 27.3. The number of hydrogen-bond donors (Lipinski definition) is 9. The molecule has 0 aliphatic carbocycles. The van der Waals surface area contributed by atoms with Gasteiger partial charge in [0.15, 0.2) is 12.6 Å². The predicted octanol–water partition coefficient (Wildman–Crippen LogP) is 6.71. The summed E-state index contributed by atoms with van der Waals surface area (Å²) in [6.07, 6.45) is 26.1. The monoisotopic (exact) mass is 928 g/mol. The molecule has 1 amide bonds. The quantitative estimate of drug-likeness (QED) is 0.0231. The number of carbonyl (C=O) groups is 1. The number of amides is 1. The number of rotatable bonds is 39. The molecule has 2 rings (SSSR count). The van der Waals surface area contributed by atoms with Gasteiger partial charge in [0.1, 0.15) is 48.8 Å². The molecule has 0 radical (unpaired) electrons. The van der Waals surface area contributed by atoms with Crippen LogP contribution in [0.1, 0.15) is 187 Å². The largest absolute Gasteiger partial charge is 0.394 e. The summed E-state index contributed by atoms with van der Waals surface area (Å²) < 4.78 is 22.7. The lowest BCUT2D eigenvalue weighted by molar-refractivity contribution is -0.359. The molecule has 380 valence electrons. The molecule has 9 N–H and O–H groups in total. The molecule has 0 bridgehead atoms. The van der Waals surface area contributed by atoms with Gasteiger partial charge in [0, 0.05) is 6.42 Å². The van der Waals surface area contributed by atoms with Gasteiger partial charge in [-0.1, -0.05) is 172 Å². The first-order valence-electron chi connectivity index (χ1n) is 25.7. The van der Waals surface area contributed by atoms with E-state index < -0.39 is 86.8 Å². The third kappa shape index (κ3) is 25.4. The van der Waals surface area contributed by atoms with E-state index in [2.05, 4.69) is 43.5 Å². The van der Waals surface area contributed by atoms with Crippen molar-refractivity contribution >= 4 is 5.91 Å². The molecule has 2 heterocycles. The van der Waals surface area contributed by atoms with Crippen molar-refractivity contribution in [2.24, 2.45) is 0 Å². The van der Waals surface area contributed by atoms with E-state index in [0.717, 1.165) is 64.2 Å². The molecule has 14 heteroatoms. The van der Waals surface area contributed by atoms with E-state index in [1.54, 1.807) is 6.08 Å². The van der Waals surface area contributed by atoms with Crippen molar-refractivity contribution < 1.29 is 64.6 Å². The van der Waals surface area contributed by atoms with Gasteiger partial charge in [-0.05, 0) is 44.9 Å². The Morgan fingerprint density at radius 3 is 1.58 bits per heavy atom. The Bertz CT molecular complexity index is 1230. The van der Waals surface area contributed by atoms with Crippen LogP contribution in [0, 0.1) is 0 Å². The van der Waals surface area contributed by atoms with Crippen LogP contribution < -0.4 is 5.32 Å². The van der Waals surface area contributed by atoms with Crippen molar-refractivity contribution in [1.82, 2.24) is 5.32 Å². The molecule has 0 spiro atoms. The van der Waals surface area contributed by atoms with Crippen LogP contribution in [0.2, 0.25) is 0 Å². The molecule has 2 aliphatic rings. The molecule has 0 aromatic heterocycles. The van der Waals surface area contributed by atoms with E-state index >= 15 is 0 Å². The minimum atomic E-state index is -1.79. The summed E-state index contributed by atoms with van der Waals surface area (Å²) in [5.74, 6) is -0.255. The van der Waals surface area contributed by atoms with Crippen LogP contribution in [0.25, 0.3) is 0 Å². The average Bonchev–Trinajstić information content (AvgIpc) is 3.30. The van der Waals surface area contributed by atoms with Crippen molar-refractivity contribution in [2.75, 3.05) is 19.8 Å². The highest BCUT2D eigenvalue weighted by molar-refractivity contribution is 5.76. The van der Waals surface area contributed by atoms with Crippen LogP contribution in [0.5, 0.6) is 0 Å². The van der Waals surface area contributed by atoms with E-state index in [1.165, 1.54) is 96.3 Å². The first-order chi connectivity index (χ1) is 31.6. The minimum absolute atomic E-state index is 0.255. The van der Waals surface area contributed by atoms with Gasteiger partial charge in [-0.2, -0.15) is 0 Å². The Kier molecular flexibility index (Phi) is 34.8. The number of hydrogen-bond acceptors (Lipinski definition) is 13. The smallest absolute Gasteiger partial charge is 0.220 e. The lowest BCUT2D eigenvalue weighted by Gasteiger charge is -2.46. The highest BCUT2D eigenvalue weighted by Gasteiger charge is 2.51. The molecule has 14 nitrogen and oxygen atoms in total. The zero-order valence-corrected chi connectivity index (χ0v) is 40.2. The van der Waals surface area contributed by atoms with Crippen LogP contribution in [0.15, 0.2) is 36.5 Å².